The number of likely N-dealkylation sites (tertiary alicyclic amines) is 1. The van der Waals surface area contributed by atoms with Gasteiger partial charge in [0.05, 0.1) is 0 Å². The Morgan fingerprint density at radius 3 is 2.24 bits per heavy atom. The molecule has 3 heterocycles. The zero-order chi connectivity index (χ0) is 16.9. The Labute approximate surface area is 156 Å². The summed E-state index contributed by atoms with van der Waals surface area (Å²) in [6.45, 7) is 6.06. The summed E-state index contributed by atoms with van der Waals surface area (Å²) in [6.07, 6.45) is 13.5. The predicted molar refractivity (Wildman–Crippen MR) is 105 cm³/mol. The van der Waals surface area contributed by atoms with Gasteiger partial charge in [0.1, 0.15) is 5.82 Å². The molecular formula is C20H32N4S. The van der Waals surface area contributed by atoms with E-state index in [1.165, 1.54) is 88.2 Å². The van der Waals surface area contributed by atoms with Crippen LogP contribution >= 0.6 is 11.8 Å². The maximum atomic E-state index is 4.71. The molecule has 1 aromatic heterocycles. The summed E-state index contributed by atoms with van der Waals surface area (Å²) in [5, 5.41) is 0. The molecule has 0 atom stereocenters. The fourth-order valence-electron chi connectivity index (χ4n) is 4.66. The molecule has 0 N–H and O–H groups in total. The van der Waals surface area contributed by atoms with Crippen LogP contribution in [0.15, 0.2) is 12.4 Å². The Balaban J connectivity index is 1.25. The normalized spacial score (nSPS) is 25.3. The minimum absolute atomic E-state index is 0.612. The quantitative estimate of drug-likeness (QED) is 0.820. The van der Waals surface area contributed by atoms with E-state index in [4.69, 9.17) is 9.97 Å². The average molecular weight is 361 g/mol. The van der Waals surface area contributed by atoms with E-state index in [2.05, 4.69) is 34.0 Å². The van der Waals surface area contributed by atoms with Crippen LogP contribution in [0.1, 0.15) is 62.3 Å². The van der Waals surface area contributed by atoms with Gasteiger partial charge in [-0.25, -0.2) is 9.97 Å². The molecule has 0 unspecified atom stereocenters. The van der Waals surface area contributed by atoms with Gasteiger partial charge in [-0.1, -0.05) is 19.3 Å². The van der Waals surface area contributed by atoms with Gasteiger partial charge >= 0.3 is 0 Å². The number of aromatic nitrogens is 2. The van der Waals surface area contributed by atoms with Crippen LogP contribution < -0.4 is 0 Å². The summed E-state index contributed by atoms with van der Waals surface area (Å²) in [7, 11) is 0. The van der Waals surface area contributed by atoms with Crippen molar-refractivity contribution in [3.8, 4) is 0 Å². The van der Waals surface area contributed by atoms with Crippen LogP contribution in [0.4, 0.5) is 0 Å². The van der Waals surface area contributed by atoms with E-state index in [-0.39, 0.29) is 0 Å². The first-order chi connectivity index (χ1) is 12.4. The van der Waals surface area contributed by atoms with E-state index in [1.54, 1.807) is 0 Å². The van der Waals surface area contributed by atoms with Crippen molar-refractivity contribution in [3.05, 3.63) is 23.8 Å². The number of thioether (sulfide) groups is 1. The SMILES string of the molecule is c1nc(C2CCCCC2)ncc1CN1CCC(N2CCSCC2)CC1. The maximum Gasteiger partial charge on any atom is 0.131 e. The second kappa shape index (κ2) is 8.83. The molecule has 2 aliphatic heterocycles. The van der Waals surface area contributed by atoms with E-state index >= 15 is 0 Å². The van der Waals surface area contributed by atoms with Crippen molar-refractivity contribution in [2.24, 2.45) is 0 Å². The molecule has 1 aliphatic carbocycles. The lowest BCUT2D eigenvalue weighted by Crippen LogP contribution is -2.47. The van der Waals surface area contributed by atoms with Crippen LogP contribution in [0.5, 0.6) is 0 Å². The predicted octanol–water partition coefficient (Wildman–Crippen LogP) is 3.54. The zero-order valence-electron chi connectivity index (χ0n) is 15.4. The van der Waals surface area contributed by atoms with Gasteiger partial charge in [0.2, 0.25) is 0 Å². The molecule has 138 valence electrons. The fourth-order valence-corrected chi connectivity index (χ4v) is 5.59. The van der Waals surface area contributed by atoms with Crippen LogP contribution in [0.2, 0.25) is 0 Å². The number of nitrogens with zero attached hydrogens (tertiary/aromatic N) is 4. The number of hydrogen-bond acceptors (Lipinski definition) is 5. The molecule has 0 amide bonds. The van der Waals surface area contributed by atoms with Gasteiger partial charge < -0.3 is 0 Å². The van der Waals surface area contributed by atoms with E-state index in [1.807, 2.05) is 0 Å². The van der Waals surface area contributed by atoms with Crippen molar-refractivity contribution < 1.29 is 0 Å². The summed E-state index contributed by atoms with van der Waals surface area (Å²) in [4.78, 5) is 14.7. The lowest BCUT2D eigenvalue weighted by Gasteiger charge is -2.40. The Kier molecular flexibility index (Phi) is 6.27. The van der Waals surface area contributed by atoms with Gasteiger partial charge in [0, 0.05) is 61.1 Å². The summed E-state index contributed by atoms with van der Waals surface area (Å²) in [6, 6.07) is 0.821. The second-order valence-electron chi connectivity index (χ2n) is 7.94. The standard InChI is InChI=1S/C20H32N4S/c1-2-4-18(5-3-1)20-21-14-17(15-22-20)16-23-8-6-19(7-9-23)24-10-12-25-13-11-24/h14-15,18-19H,1-13,16H2. The highest BCUT2D eigenvalue weighted by Crippen LogP contribution is 2.30. The smallest absolute Gasteiger partial charge is 0.131 e. The molecule has 0 aromatic carbocycles. The summed E-state index contributed by atoms with van der Waals surface area (Å²) >= 11 is 2.11. The molecule has 0 spiro atoms. The summed E-state index contributed by atoms with van der Waals surface area (Å²) < 4.78 is 0. The molecule has 1 saturated carbocycles. The zero-order valence-corrected chi connectivity index (χ0v) is 16.2. The van der Waals surface area contributed by atoms with Crippen molar-refractivity contribution in [2.75, 3.05) is 37.7 Å². The number of piperidine rings is 1. The fraction of sp³-hybridized carbons (Fsp3) is 0.800. The third kappa shape index (κ3) is 4.75. The minimum atomic E-state index is 0.612. The van der Waals surface area contributed by atoms with E-state index < -0.39 is 0 Å². The first kappa shape index (κ1) is 17.7. The molecular weight excluding hydrogens is 328 g/mol. The lowest BCUT2D eigenvalue weighted by molar-refractivity contribution is 0.112. The highest BCUT2D eigenvalue weighted by atomic mass is 32.2. The summed E-state index contributed by atoms with van der Waals surface area (Å²) in [5.74, 6) is 4.35. The van der Waals surface area contributed by atoms with Gasteiger partial charge in [0.15, 0.2) is 0 Å². The van der Waals surface area contributed by atoms with Crippen LogP contribution in [-0.4, -0.2) is 63.5 Å². The largest absolute Gasteiger partial charge is 0.299 e. The molecule has 4 nitrogen and oxygen atoms in total. The molecule has 2 saturated heterocycles. The molecule has 4 rings (SSSR count). The molecule has 0 radical (unpaired) electrons. The van der Waals surface area contributed by atoms with Gasteiger partial charge in [-0.15, -0.1) is 0 Å². The van der Waals surface area contributed by atoms with Crippen molar-refractivity contribution in [2.45, 2.75) is 63.5 Å². The van der Waals surface area contributed by atoms with Crippen LogP contribution in [0.3, 0.4) is 0 Å². The van der Waals surface area contributed by atoms with Gasteiger partial charge in [0.25, 0.3) is 0 Å². The number of rotatable bonds is 4. The Morgan fingerprint density at radius 1 is 0.880 bits per heavy atom. The van der Waals surface area contributed by atoms with Crippen molar-refractivity contribution in [1.82, 2.24) is 19.8 Å². The molecule has 3 fully saturated rings. The maximum absolute atomic E-state index is 4.71. The van der Waals surface area contributed by atoms with E-state index in [9.17, 15) is 0 Å². The monoisotopic (exact) mass is 360 g/mol. The third-order valence-corrected chi connectivity index (χ3v) is 7.16. The second-order valence-corrected chi connectivity index (χ2v) is 9.16. The van der Waals surface area contributed by atoms with Crippen molar-refractivity contribution in [1.29, 1.82) is 0 Å². The topological polar surface area (TPSA) is 32.3 Å². The average Bonchev–Trinajstić information content (AvgIpc) is 2.71. The van der Waals surface area contributed by atoms with Crippen molar-refractivity contribution >= 4 is 11.8 Å². The Bertz CT molecular complexity index is 515. The minimum Gasteiger partial charge on any atom is -0.299 e. The lowest BCUT2D eigenvalue weighted by atomic mass is 9.89. The Hall–Kier alpha value is -0.650. The highest BCUT2D eigenvalue weighted by Gasteiger charge is 2.25. The molecule has 25 heavy (non-hydrogen) atoms. The van der Waals surface area contributed by atoms with Crippen molar-refractivity contribution in [3.63, 3.8) is 0 Å². The first-order valence-corrected chi connectivity index (χ1v) is 11.4. The van der Waals surface area contributed by atoms with Crippen LogP contribution in [0, 0.1) is 0 Å². The highest BCUT2D eigenvalue weighted by molar-refractivity contribution is 7.99. The van der Waals surface area contributed by atoms with E-state index in [0.29, 0.717) is 5.92 Å². The molecule has 0 bridgehead atoms. The molecule has 3 aliphatic rings. The molecule has 1 aromatic rings. The van der Waals surface area contributed by atoms with E-state index in [0.717, 1.165) is 18.4 Å². The van der Waals surface area contributed by atoms with Gasteiger partial charge in [-0.2, -0.15) is 11.8 Å². The Morgan fingerprint density at radius 2 is 1.56 bits per heavy atom. The first-order valence-electron chi connectivity index (χ1n) is 10.2. The van der Waals surface area contributed by atoms with Gasteiger partial charge in [-0.3, -0.25) is 9.80 Å². The summed E-state index contributed by atoms with van der Waals surface area (Å²) in [5.41, 5.74) is 1.28. The number of hydrogen-bond donors (Lipinski definition) is 0. The third-order valence-electron chi connectivity index (χ3n) is 6.22. The van der Waals surface area contributed by atoms with Crippen LogP contribution in [0.25, 0.3) is 0 Å². The van der Waals surface area contributed by atoms with Crippen LogP contribution in [-0.2, 0) is 6.54 Å². The van der Waals surface area contributed by atoms with Gasteiger partial charge in [-0.05, 0) is 38.8 Å². The molecule has 5 heteroatoms.